The molecule has 1 aliphatic rings. The molecule has 0 bridgehead atoms. The number of likely N-dealkylation sites (tertiary alicyclic amines) is 1. The van der Waals surface area contributed by atoms with Crippen molar-refractivity contribution in [2.75, 3.05) is 6.54 Å². The third-order valence-electron chi connectivity index (χ3n) is 2.90. The Morgan fingerprint density at radius 2 is 2.33 bits per heavy atom. The number of carbonyl (C=O) groups excluding carboxylic acids is 1. The Kier molecular flexibility index (Phi) is 3.27. The predicted octanol–water partition coefficient (Wildman–Crippen LogP) is 1.84. The van der Waals surface area contributed by atoms with Gasteiger partial charge >= 0.3 is 0 Å². The molecule has 0 radical (unpaired) electrons. The molecule has 2 atom stereocenters. The second kappa shape index (κ2) is 4.04. The quantitative estimate of drug-likeness (QED) is 0.628. The smallest absolute Gasteiger partial charge is 0.135 e. The van der Waals surface area contributed by atoms with Gasteiger partial charge in [0.25, 0.3) is 0 Å². The van der Waals surface area contributed by atoms with Gasteiger partial charge in [-0.3, -0.25) is 9.69 Å². The second-order valence-electron chi connectivity index (χ2n) is 3.84. The van der Waals surface area contributed by atoms with Crippen LogP contribution in [0.4, 0.5) is 0 Å². The first kappa shape index (κ1) is 9.72. The van der Waals surface area contributed by atoms with E-state index in [4.69, 9.17) is 0 Å². The Morgan fingerprint density at radius 1 is 1.67 bits per heavy atom. The molecule has 12 heavy (non-hydrogen) atoms. The van der Waals surface area contributed by atoms with E-state index in [0.29, 0.717) is 17.9 Å². The number of Topliss-reactive ketones (excluding diaryl/α,β-unsaturated/α-hetero) is 1. The first-order valence-electron chi connectivity index (χ1n) is 4.92. The lowest BCUT2D eigenvalue weighted by Gasteiger charge is -2.37. The fourth-order valence-corrected chi connectivity index (χ4v) is 1.91. The van der Waals surface area contributed by atoms with Crippen LogP contribution in [0.5, 0.6) is 0 Å². The van der Waals surface area contributed by atoms with E-state index in [-0.39, 0.29) is 0 Å². The van der Waals surface area contributed by atoms with E-state index in [2.05, 4.69) is 25.7 Å². The van der Waals surface area contributed by atoms with Gasteiger partial charge in [0.1, 0.15) is 5.78 Å². The van der Waals surface area contributed by atoms with E-state index >= 15 is 0 Å². The summed E-state index contributed by atoms with van der Waals surface area (Å²) in [6.07, 6.45) is 2.69. The number of hydrogen-bond donors (Lipinski definition) is 0. The van der Waals surface area contributed by atoms with E-state index in [0.717, 1.165) is 19.4 Å². The standard InChI is InChI=1S/C10H19NO/c1-4-8(2)11-6-5-10(12)7-9(11)3/h8-9H,4-7H2,1-3H3/t8?,9-/m0/s1. The molecule has 0 amide bonds. The van der Waals surface area contributed by atoms with Crippen molar-refractivity contribution in [3.63, 3.8) is 0 Å². The van der Waals surface area contributed by atoms with Gasteiger partial charge in [0.2, 0.25) is 0 Å². The molecule has 0 aromatic heterocycles. The summed E-state index contributed by atoms with van der Waals surface area (Å²) in [5.74, 6) is 0.432. The molecule has 0 aromatic rings. The Bertz CT molecular complexity index is 167. The Morgan fingerprint density at radius 3 is 2.83 bits per heavy atom. The van der Waals surface area contributed by atoms with Crippen molar-refractivity contribution in [2.24, 2.45) is 0 Å². The summed E-state index contributed by atoms with van der Waals surface area (Å²) in [5, 5.41) is 0. The second-order valence-corrected chi connectivity index (χ2v) is 3.84. The van der Waals surface area contributed by atoms with E-state index in [9.17, 15) is 4.79 Å². The van der Waals surface area contributed by atoms with Crippen LogP contribution in [-0.2, 0) is 4.79 Å². The average Bonchev–Trinajstić information content (AvgIpc) is 2.03. The maximum atomic E-state index is 11.1. The highest BCUT2D eigenvalue weighted by molar-refractivity contribution is 5.79. The van der Waals surface area contributed by atoms with Gasteiger partial charge in [-0.05, 0) is 20.3 Å². The van der Waals surface area contributed by atoms with Crippen LogP contribution in [0, 0.1) is 0 Å². The summed E-state index contributed by atoms with van der Waals surface area (Å²) < 4.78 is 0. The SMILES string of the molecule is CCC(C)N1CCC(=O)C[C@@H]1C. The van der Waals surface area contributed by atoms with Gasteiger partial charge in [0.05, 0.1) is 0 Å². The number of piperidine rings is 1. The first-order chi connectivity index (χ1) is 5.65. The minimum absolute atomic E-state index is 0.432. The summed E-state index contributed by atoms with van der Waals surface area (Å²) in [6, 6.07) is 1.09. The number of ketones is 1. The van der Waals surface area contributed by atoms with Crippen LogP contribution in [0.25, 0.3) is 0 Å². The summed E-state index contributed by atoms with van der Waals surface area (Å²) in [4.78, 5) is 13.5. The minimum Gasteiger partial charge on any atom is -0.300 e. The zero-order valence-corrected chi connectivity index (χ0v) is 8.34. The van der Waals surface area contributed by atoms with Crippen molar-refractivity contribution in [1.29, 1.82) is 0 Å². The Balaban J connectivity index is 2.50. The lowest BCUT2D eigenvalue weighted by Crippen LogP contribution is -2.45. The summed E-state index contributed by atoms with van der Waals surface area (Å²) >= 11 is 0. The lowest BCUT2D eigenvalue weighted by molar-refractivity contribution is -0.123. The van der Waals surface area contributed by atoms with E-state index in [1.807, 2.05) is 0 Å². The molecular weight excluding hydrogens is 150 g/mol. The molecule has 0 N–H and O–H groups in total. The molecule has 1 unspecified atom stereocenters. The molecule has 1 heterocycles. The van der Waals surface area contributed by atoms with Crippen LogP contribution in [0.1, 0.15) is 40.0 Å². The van der Waals surface area contributed by atoms with Crippen LogP contribution in [0.2, 0.25) is 0 Å². The van der Waals surface area contributed by atoms with Crippen molar-refractivity contribution in [3.05, 3.63) is 0 Å². The van der Waals surface area contributed by atoms with Gasteiger partial charge in [0.15, 0.2) is 0 Å². The molecule has 0 aliphatic carbocycles. The number of carbonyl (C=O) groups is 1. The Hall–Kier alpha value is -0.370. The average molecular weight is 169 g/mol. The van der Waals surface area contributed by atoms with Gasteiger partial charge in [-0.25, -0.2) is 0 Å². The third kappa shape index (κ3) is 2.07. The zero-order chi connectivity index (χ0) is 9.14. The molecule has 2 nitrogen and oxygen atoms in total. The molecule has 1 fully saturated rings. The first-order valence-corrected chi connectivity index (χ1v) is 4.92. The van der Waals surface area contributed by atoms with Gasteiger partial charge < -0.3 is 0 Å². The van der Waals surface area contributed by atoms with Gasteiger partial charge in [-0.2, -0.15) is 0 Å². The summed E-state index contributed by atoms with van der Waals surface area (Å²) in [5.41, 5.74) is 0. The van der Waals surface area contributed by atoms with E-state index in [1.54, 1.807) is 0 Å². The van der Waals surface area contributed by atoms with Crippen LogP contribution >= 0.6 is 0 Å². The van der Waals surface area contributed by atoms with Crippen molar-refractivity contribution in [2.45, 2.75) is 52.1 Å². The molecule has 0 aromatic carbocycles. The highest BCUT2D eigenvalue weighted by atomic mass is 16.1. The van der Waals surface area contributed by atoms with Gasteiger partial charge in [-0.15, -0.1) is 0 Å². The monoisotopic (exact) mass is 169 g/mol. The fraction of sp³-hybridized carbons (Fsp3) is 0.900. The van der Waals surface area contributed by atoms with Crippen LogP contribution < -0.4 is 0 Å². The maximum Gasteiger partial charge on any atom is 0.135 e. The van der Waals surface area contributed by atoms with Crippen LogP contribution in [0.15, 0.2) is 0 Å². The minimum atomic E-state index is 0.432. The number of nitrogens with zero attached hydrogens (tertiary/aromatic N) is 1. The van der Waals surface area contributed by atoms with Gasteiger partial charge in [0, 0.05) is 31.5 Å². The summed E-state index contributed by atoms with van der Waals surface area (Å²) in [6.45, 7) is 7.57. The van der Waals surface area contributed by atoms with Crippen molar-refractivity contribution < 1.29 is 4.79 Å². The van der Waals surface area contributed by atoms with Crippen LogP contribution in [0.3, 0.4) is 0 Å². The molecule has 0 spiro atoms. The number of hydrogen-bond acceptors (Lipinski definition) is 2. The highest BCUT2D eigenvalue weighted by Gasteiger charge is 2.25. The van der Waals surface area contributed by atoms with Crippen LogP contribution in [-0.4, -0.2) is 29.3 Å². The lowest BCUT2D eigenvalue weighted by atomic mass is 10.00. The topological polar surface area (TPSA) is 20.3 Å². The van der Waals surface area contributed by atoms with Crippen molar-refractivity contribution in [1.82, 2.24) is 4.90 Å². The molecular formula is C10H19NO. The molecule has 70 valence electrons. The maximum absolute atomic E-state index is 11.1. The molecule has 1 saturated heterocycles. The van der Waals surface area contributed by atoms with E-state index in [1.165, 1.54) is 6.42 Å². The number of rotatable bonds is 2. The van der Waals surface area contributed by atoms with Gasteiger partial charge in [-0.1, -0.05) is 6.92 Å². The Labute approximate surface area is 74.9 Å². The van der Waals surface area contributed by atoms with Crippen molar-refractivity contribution >= 4 is 5.78 Å². The molecule has 0 saturated carbocycles. The molecule has 1 aliphatic heterocycles. The predicted molar refractivity (Wildman–Crippen MR) is 50.2 cm³/mol. The highest BCUT2D eigenvalue weighted by Crippen LogP contribution is 2.17. The normalized spacial score (nSPS) is 28.9. The zero-order valence-electron chi connectivity index (χ0n) is 8.34. The summed E-state index contributed by atoms with van der Waals surface area (Å²) in [7, 11) is 0. The molecule has 1 rings (SSSR count). The largest absolute Gasteiger partial charge is 0.300 e. The fourth-order valence-electron chi connectivity index (χ4n) is 1.91. The molecule has 2 heteroatoms. The van der Waals surface area contributed by atoms with Crippen molar-refractivity contribution in [3.8, 4) is 0 Å². The third-order valence-corrected chi connectivity index (χ3v) is 2.90. The van der Waals surface area contributed by atoms with E-state index < -0.39 is 0 Å².